The first-order valence-electron chi connectivity index (χ1n) is 9.60. The zero-order valence-corrected chi connectivity index (χ0v) is 15.7. The Morgan fingerprint density at radius 1 is 1.14 bits per heavy atom. The van der Waals surface area contributed by atoms with Gasteiger partial charge in [0.2, 0.25) is 0 Å². The van der Waals surface area contributed by atoms with Crippen LogP contribution in [0.1, 0.15) is 61.7 Å². The van der Waals surface area contributed by atoms with Gasteiger partial charge in [0, 0.05) is 36.5 Å². The van der Waals surface area contributed by atoms with Gasteiger partial charge in [-0.15, -0.1) is 0 Å². The van der Waals surface area contributed by atoms with Crippen LogP contribution < -0.4 is 0 Å². The van der Waals surface area contributed by atoms with Crippen LogP contribution >= 0.6 is 0 Å². The Morgan fingerprint density at radius 2 is 1.82 bits per heavy atom. The van der Waals surface area contributed by atoms with Gasteiger partial charge >= 0.3 is 5.97 Å². The molecule has 0 spiro atoms. The summed E-state index contributed by atoms with van der Waals surface area (Å²) in [5, 5.41) is 19.3. The number of carboxylic acid groups (broad SMARTS) is 1. The largest absolute Gasteiger partial charge is 0.481 e. The Bertz CT molecular complexity index is 753. The number of benzene rings is 1. The van der Waals surface area contributed by atoms with E-state index in [9.17, 15) is 24.5 Å². The standard InChI is InChI=1S/C21H25NO6/c23-19(16-7-11-17(12-8-16)22(27)28)13-9-15-10-14-20(24)18(15)5-3-1-2-4-6-21(25)26/h7-9,11-13,15,18H,1-6,10,14H2,(H,25,26). The summed E-state index contributed by atoms with van der Waals surface area (Å²) in [6.07, 6.45) is 8.70. The highest BCUT2D eigenvalue weighted by atomic mass is 16.6. The van der Waals surface area contributed by atoms with E-state index in [0.717, 1.165) is 32.1 Å². The monoisotopic (exact) mass is 387 g/mol. The van der Waals surface area contributed by atoms with Crippen molar-refractivity contribution in [3.05, 3.63) is 52.1 Å². The van der Waals surface area contributed by atoms with Gasteiger partial charge in [-0.2, -0.15) is 0 Å². The summed E-state index contributed by atoms with van der Waals surface area (Å²) in [7, 11) is 0. The molecule has 28 heavy (non-hydrogen) atoms. The third-order valence-electron chi connectivity index (χ3n) is 5.17. The van der Waals surface area contributed by atoms with Gasteiger partial charge in [0.05, 0.1) is 4.92 Å². The number of nitrogens with zero attached hydrogens (tertiary/aromatic N) is 1. The molecule has 0 heterocycles. The fourth-order valence-electron chi connectivity index (χ4n) is 3.59. The fourth-order valence-corrected chi connectivity index (χ4v) is 3.59. The van der Waals surface area contributed by atoms with E-state index in [0.29, 0.717) is 18.4 Å². The van der Waals surface area contributed by atoms with Gasteiger partial charge in [-0.3, -0.25) is 24.5 Å². The Labute approximate surface area is 163 Å². The summed E-state index contributed by atoms with van der Waals surface area (Å²) in [6.45, 7) is 0. The van der Waals surface area contributed by atoms with Crippen molar-refractivity contribution in [3.63, 3.8) is 0 Å². The molecule has 1 aromatic rings. The second kappa shape index (κ2) is 10.5. The second-order valence-corrected chi connectivity index (χ2v) is 7.15. The van der Waals surface area contributed by atoms with Gasteiger partial charge in [0.25, 0.3) is 5.69 Å². The summed E-state index contributed by atoms with van der Waals surface area (Å²) in [6, 6.07) is 5.46. The average molecular weight is 387 g/mol. The minimum Gasteiger partial charge on any atom is -0.481 e. The first-order chi connectivity index (χ1) is 13.4. The molecule has 1 N–H and O–H groups in total. The number of rotatable bonds is 11. The van der Waals surface area contributed by atoms with Gasteiger partial charge in [-0.05, 0) is 43.4 Å². The SMILES string of the molecule is O=C(O)CCCCCCC1C(=O)CCC1C=CC(=O)c1ccc([N+](=O)[O-])cc1. The van der Waals surface area contributed by atoms with Crippen molar-refractivity contribution in [3.8, 4) is 0 Å². The smallest absolute Gasteiger partial charge is 0.303 e. The molecule has 7 heteroatoms. The van der Waals surface area contributed by atoms with Gasteiger partial charge in [0.15, 0.2) is 5.78 Å². The number of allylic oxidation sites excluding steroid dienone is 2. The van der Waals surface area contributed by atoms with Crippen LogP contribution in [-0.4, -0.2) is 27.6 Å². The van der Waals surface area contributed by atoms with E-state index in [1.54, 1.807) is 6.08 Å². The molecule has 1 fully saturated rings. The normalized spacial score (nSPS) is 19.2. The highest BCUT2D eigenvalue weighted by Gasteiger charge is 2.32. The third kappa shape index (κ3) is 6.40. The molecule has 0 aromatic heterocycles. The summed E-state index contributed by atoms with van der Waals surface area (Å²) in [4.78, 5) is 45.1. The minimum absolute atomic E-state index is 0.0357. The van der Waals surface area contributed by atoms with Crippen LogP contribution in [0.4, 0.5) is 5.69 Å². The van der Waals surface area contributed by atoms with Crippen LogP contribution in [0.2, 0.25) is 0 Å². The van der Waals surface area contributed by atoms with Crippen LogP contribution in [0, 0.1) is 22.0 Å². The molecule has 7 nitrogen and oxygen atoms in total. The molecular weight excluding hydrogens is 362 g/mol. The number of hydrogen-bond acceptors (Lipinski definition) is 5. The van der Waals surface area contributed by atoms with Crippen molar-refractivity contribution in [2.75, 3.05) is 0 Å². The van der Waals surface area contributed by atoms with Crippen molar-refractivity contribution in [1.82, 2.24) is 0 Å². The molecule has 0 bridgehead atoms. The maximum Gasteiger partial charge on any atom is 0.303 e. The molecule has 0 saturated heterocycles. The molecule has 2 atom stereocenters. The maximum absolute atomic E-state index is 12.3. The summed E-state index contributed by atoms with van der Waals surface area (Å²) < 4.78 is 0. The Kier molecular flexibility index (Phi) is 8.04. The number of non-ortho nitro benzene ring substituents is 1. The van der Waals surface area contributed by atoms with Crippen molar-refractivity contribution >= 4 is 23.2 Å². The zero-order chi connectivity index (χ0) is 20.5. The summed E-state index contributed by atoms with van der Waals surface area (Å²) in [5.41, 5.74) is 0.312. The molecule has 1 aliphatic carbocycles. The van der Waals surface area contributed by atoms with E-state index >= 15 is 0 Å². The predicted molar refractivity (Wildman–Crippen MR) is 103 cm³/mol. The molecule has 2 rings (SSSR count). The lowest BCUT2D eigenvalue weighted by molar-refractivity contribution is -0.384. The van der Waals surface area contributed by atoms with E-state index < -0.39 is 10.9 Å². The lowest BCUT2D eigenvalue weighted by Crippen LogP contribution is -2.13. The number of carbonyl (C=O) groups excluding carboxylic acids is 2. The van der Waals surface area contributed by atoms with Crippen LogP contribution in [0.3, 0.4) is 0 Å². The van der Waals surface area contributed by atoms with E-state index in [1.807, 2.05) is 0 Å². The van der Waals surface area contributed by atoms with Gasteiger partial charge in [0.1, 0.15) is 5.78 Å². The topological polar surface area (TPSA) is 115 Å². The molecule has 1 aliphatic rings. The van der Waals surface area contributed by atoms with Crippen LogP contribution in [0.15, 0.2) is 36.4 Å². The number of nitro benzene ring substituents is 1. The molecule has 0 radical (unpaired) electrons. The third-order valence-corrected chi connectivity index (χ3v) is 5.17. The predicted octanol–water partition coefficient (Wildman–Crippen LogP) is 4.35. The highest BCUT2D eigenvalue weighted by Crippen LogP contribution is 2.34. The number of unbranched alkanes of at least 4 members (excludes halogenated alkanes) is 3. The van der Waals surface area contributed by atoms with E-state index in [2.05, 4.69) is 0 Å². The fraction of sp³-hybridized carbons (Fsp3) is 0.476. The first-order valence-corrected chi connectivity index (χ1v) is 9.60. The van der Waals surface area contributed by atoms with Gasteiger partial charge in [-0.1, -0.05) is 25.3 Å². The first kappa shape index (κ1) is 21.5. The number of carboxylic acids is 1. The van der Waals surface area contributed by atoms with E-state index in [1.165, 1.54) is 30.3 Å². The number of carbonyl (C=O) groups is 3. The Hall–Kier alpha value is -2.83. The molecule has 150 valence electrons. The van der Waals surface area contributed by atoms with Gasteiger partial charge in [-0.25, -0.2) is 0 Å². The molecule has 1 aromatic carbocycles. The van der Waals surface area contributed by atoms with E-state index in [4.69, 9.17) is 5.11 Å². The number of Topliss-reactive ketones (excluding diaryl/α,β-unsaturated/α-hetero) is 1. The van der Waals surface area contributed by atoms with Crippen molar-refractivity contribution in [2.24, 2.45) is 11.8 Å². The van der Waals surface area contributed by atoms with Crippen molar-refractivity contribution in [1.29, 1.82) is 0 Å². The number of ketones is 2. The van der Waals surface area contributed by atoms with E-state index in [-0.39, 0.29) is 35.5 Å². The number of aliphatic carboxylic acids is 1. The zero-order valence-electron chi connectivity index (χ0n) is 15.7. The van der Waals surface area contributed by atoms with Crippen LogP contribution in [-0.2, 0) is 9.59 Å². The van der Waals surface area contributed by atoms with Crippen molar-refractivity contribution < 1.29 is 24.4 Å². The Morgan fingerprint density at radius 3 is 2.46 bits per heavy atom. The van der Waals surface area contributed by atoms with Gasteiger partial charge < -0.3 is 5.11 Å². The van der Waals surface area contributed by atoms with Crippen molar-refractivity contribution in [2.45, 2.75) is 51.4 Å². The molecular formula is C21H25NO6. The second-order valence-electron chi connectivity index (χ2n) is 7.15. The molecule has 0 aliphatic heterocycles. The lowest BCUT2D eigenvalue weighted by atomic mass is 9.89. The molecule has 0 amide bonds. The molecule has 1 saturated carbocycles. The quantitative estimate of drug-likeness (QED) is 0.198. The maximum atomic E-state index is 12.3. The van der Waals surface area contributed by atoms with Crippen LogP contribution in [0.5, 0.6) is 0 Å². The lowest BCUT2D eigenvalue weighted by Gasteiger charge is -2.14. The number of hydrogen-bond donors (Lipinski definition) is 1. The van der Waals surface area contributed by atoms with Crippen LogP contribution in [0.25, 0.3) is 0 Å². The average Bonchev–Trinajstić information content (AvgIpc) is 3.02. The Balaban J connectivity index is 1.85. The summed E-state index contributed by atoms with van der Waals surface area (Å²) >= 11 is 0. The molecule has 2 unspecified atom stereocenters. The number of nitro groups is 1. The summed E-state index contributed by atoms with van der Waals surface area (Å²) in [5.74, 6) is -0.840. The minimum atomic E-state index is -0.783. The highest BCUT2D eigenvalue weighted by molar-refractivity contribution is 6.04.